The van der Waals surface area contributed by atoms with Crippen LogP contribution >= 0.6 is 11.9 Å². The Bertz CT molecular complexity index is 821. The smallest absolute Gasteiger partial charge is 0.150 e. The monoisotopic (exact) mass is 506 g/mol. The van der Waals surface area contributed by atoms with Gasteiger partial charge in [0.2, 0.25) is 0 Å². The van der Waals surface area contributed by atoms with Gasteiger partial charge in [-0.15, -0.1) is 0 Å². The molecular formula is C26H43FN6OS. The topological polar surface area (TPSA) is 68.1 Å². The fourth-order valence-electron chi connectivity index (χ4n) is 3.64. The van der Waals surface area contributed by atoms with E-state index in [0.29, 0.717) is 24.0 Å². The number of para-hydroxylation sites is 1. The van der Waals surface area contributed by atoms with Crippen molar-refractivity contribution in [1.29, 1.82) is 0 Å². The predicted octanol–water partition coefficient (Wildman–Crippen LogP) is 3.88. The van der Waals surface area contributed by atoms with Crippen molar-refractivity contribution in [2.75, 3.05) is 64.6 Å². The first-order valence-electron chi connectivity index (χ1n) is 12.2. The molecule has 1 fully saturated rings. The summed E-state index contributed by atoms with van der Waals surface area (Å²) in [6.45, 7) is 10.8. The van der Waals surface area contributed by atoms with E-state index in [1.807, 2.05) is 44.2 Å². The molecule has 3 rings (SSSR count). The zero-order valence-electron chi connectivity index (χ0n) is 21.9. The molecule has 3 N–H and O–H groups in total. The number of nitrogens with zero attached hydrogens (tertiary/aromatic N) is 4. The number of carbonyl (C=O) groups is 1. The fraction of sp³-hybridized carbons (Fsp3) is 0.500. The molecule has 1 saturated heterocycles. The van der Waals surface area contributed by atoms with Crippen molar-refractivity contribution in [3.05, 3.63) is 65.5 Å². The number of hydrogen-bond acceptors (Lipinski definition) is 8. The van der Waals surface area contributed by atoms with Crippen molar-refractivity contribution >= 4 is 23.9 Å². The van der Waals surface area contributed by atoms with Gasteiger partial charge in [0.1, 0.15) is 12.1 Å². The van der Waals surface area contributed by atoms with Crippen LogP contribution in [0.3, 0.4) is 0 Å². The molecule has 0 bridgehead atoms. The highest BCUT2D eigenvalue weighted by Gasteiger charge is 2.19. The first-order chi connectivity index (χ1) is 17.0. The summed E-state index contributed by atoms with van der Waals surface area (Å²) in [5, 5.41) is 2.12. The molecule has 1 aliphatic rings. The SMILES string of the molecule is CC.CNN.CSN(CCCN1CCN(C)CC1)N(Cc1ccc(C=O)cc1F)c1ccccc1. The van der Waals surface area contributed by atoms with E-state index in [0.717, 1.165) is 51.4 Å². The van der Waals surface area contributed by atoms with E-state index in [1.165, 1.54) is 6.07 Å². The zero-order chi connectivity index (χ0) is 26.1. The zero-order valence-corrected chi connectivity index (χ0v) is 22.7. The number of hydrazine groups is 2. The maximum Gasteiger partial charge on any atom is 0.150 e. The summed E-state index contributed by atoms with van der Waals surface area (Å²) < 4.78 is 16.8. The summed E-state index contributed by atoms with van der Waals surface area (Å²) in [4.78, 5) is 15.8. The lowest BCUT2D eigenvalue weighted by Gasteiger charge is -2.36. The standard InChI is InChI=1S/C23H31FN4OS.C2H6.CH6N2/c1-25-13-15-26(16-14-25)11-6-12-28(30-2)27(22-7-4-3-5-8-22)18-21-10-9-20(19-29)17-23(21)24;1-2;1-3-2/h3-5,7-10,17,19H,6,11-16,18H2,1-2H3;1-2H3;3H,2H2,1H3. The van der Waals surface area contributed by atoms with E-state index in [4.69, 9.17) is 0 Å². The van der Waals surface area contributed by atoms with Crippen molar-refractivity contribution in [2.45, 2.75) is 26.8 Å². The highest BCUT2D eigenvalue weighted by molar-refractivity contribution is 7.96. The number of carbonyl (C=O) groups excluding carboxylic acids is 1. The Morgan fingerprint density at radius 1 is 1.11 bits per heavy atom. The molecule has 0 aromatic heterocycles. The van der Waals surface area contributed by atoms with E-state index in [2.05, 4.69) is 43.8 Å². The molecule has 35 heavy (non-hydrogen) atoms. The fourth-order valence-corrected chi connectivity index (χ4v) is 4.30. The number of halogens is 1. The first kappa shape index (κ1) is 31.0. The van der Waals surface area contributed by atoms with Gasteiger partial charge in [-0.25, -0.2) is 4.39 Å². The molecule has 0 spiro atoms. The van der Waals surface area contributed by atoms with Crippen LogP contribution in [0.2, 0.25) is 0 Å². The van der Waals surface area contributed by atoms with Crippen molar-refractivity contribution in [2.24, 2.45) is 5.84 Å². The molecule has 2 aromatic carbocycles. The summed E-state index contributed by atoms with van der Waals surface area (Å²) in [6.07, 6.45) is 3.77. The molecular weight excluding hydrogens is 463 g/mol. The van der Waals surface area contributed by atoms with Crippen molar-refractivity contribution in [1.82, 2.24) is 19.6 Å². The lowest BCUT2D eigenvalue weighted by atomic mass is 10.1. The van der Waals surface area contributed by atoms with Gasteiger partial charge in [-0.2, -0.15) is 4.41 Å². The third-order valence-electron chi connectivity index (χ3n) is 5.49. The number of likely N-dealkylation sites (N-methyl/N-ethyl adjacent to an activating group) is 1. The normalized spacial score (nSPS) is 13.9. The van der Waals surface area contributed by atoms with Crippen LogP contribution in [0.15, 0.2) is 48.5 Å². The van der Waals surface area contributed by atoms with Gasteiger partial charge in [-0.05, 0) is 51.5 Å². The Hall–Kier alpha value is -2.01. The van der Waals surface area contributed by atoms with Crippen LogP contribution in [0, 0.1) is 5.82 Å². The first-order valence-corrected chi connectivity index (χ1v) is 13.4. The van der Waals surface area contributed by atoms with Gasteiger partial charge in [-0.3, -0.25) is 21.1 Å². The average molecular weight is 507 g/mol. The number of anilines is 1. The van der Waals surface area contributed by atoms with Gasteiger partial charge in [0.25, 0.3) is 0 Å². The maximum atomic E-state index is 14.6. The molecule has 0 saturated carbocycles. The third-order valence-corrected chi connectivity index (χ3v) is 6.29. The number of aldehydes is 1. The van der Waals surface area contributed by atoms with Crippen LogP contribution in [0.1, 0.15) is 36.2 Å². The summed E-state index contributed by atoms with van der Waals surface area (Å²) in [7, 11) is 3.82. The Morgan fingerprint density at radius 3 is 2.29 bits per heavy atom. The van der Waals surface area contributed by atoms with Gasteiger partial charge < -0.3 is 9.80 Å². The molecule has 2 aromatic rings. The van der Waals surface area contributed by atoms with Crippen LogP contribution in [0.25, 0.3) is 0 Å². The van der Waals surface area contributed by atoms with Gasteiger partial charge in [-0.1, -0.05) is 56.1 Å². The molecule has 0 aliphatic carbocycles. The second-order valence-corrected chi connectivity index (χ2v) is 8.69. The highest BCUT2D eigenvalue weighted by Crippen LogP contribution is 2.25. The number of benzene rings is 2. The lowest BCUT2D eigenvalue weighted by molar-refractivity contribution is 0.112. The second-order valence-electron chi connectivity index (χ2n) is 7.91. The van der Waals surface area contributed by atoms with Crippen LogP contribution in [-0.2, 0) is 6.54 Å². The minimum Gasteiger partial charge on any atom is -0.304 e. The minimum atomic E-state index is -0.348. The molecule has 0 unspecified atom stereocenters. The molecule has 1 aliphatic heterocycles. The second kappa shape index (κ2) is 18.3. The van der Waals surface area contributed by atoms with Crippen molar-refractivity contribution < 1.29 is 9.18 Å². The van der Waals surface area contributed by atoms with Crippen molar-refractivity contribution in [3.63, 3.8) is 0 Å². The van der Waals surface area contributed by atoms with Crippen LogP contribution in [0.4, 0.5) is 10.1 Å². The molecule has 196 valence electrons. The van der Waals surface area contributed by atoms with Crippen LogP contribution in [0.5, 0.6) is 0 Å². The van der Waals surface area contributed by atoms with Gasteiger partial charge in [0.15, 0.2) is 0 Å². The summed E-state index contributed by atoms with van der Waals surface area (Å²) in [5.74, 6) is 4.25. The van der Waals surface area contributed by atoms with E-state index >= 15 is 0 Å². The molecule has 0 atom stereocenters. The van der Waals surface area contributed by atoms with Crippen molar-refractivity contribution in [3.8, 4) is 0 Å². The Balaban J connectivity index is 0.00000114. The maximum absolute atomic E-state index is 14.6. The van der Waals surface area contributed by atoms with E-state index < -0.39 is 0 Å². The number of piperazine rings is 1. The Labute approximate surface area is 215 Å². The molecule has 7 nitrogen and oxygen atoms in total. The minimum absolute atomic E-state index is 0.348. The molecule has 1 heterocycles. The Kier molecular flexibility index (Phi) is 16.2. The molecule has 9 heteroatoms. The van der Waals surface area contributed by atoms with E-state index in [1.54, 1.807) is 31.1 Å². The number of hydrogen-bond donors (Lipinski definition) is 2. The number of rotatable bonds is 10. The number of nitrogens with one attached hydrogen (secondary N) is 1. The summed E-state index contributed by atoms with van der Waals surface area (Å²) >= 11 is 1.65. The van der Waals surface area contributed by atoms with Gasteiger partial charge >= 0.3 is 0 Å². The van der Waals surface area contributed by atoms with E-state index in [9.17, 15) is 9.18 Å². The average Bonchev–Trinajstić information content (AvgIpc) is 2.89. The van der Waals surface area contributed by atoms with Gasteiger partial charge in [0, 0.05) is 43.9 Å². The van der Waals surface area contributed by atoms with Crippen LogP contribution < -0.4 is 16.3 Å². The quantitative estimate of drug-likeness (QED) is 0.218. The molecule has 0 radical (unpaired) electrons. The summed E-state index contributed by atoms with van der Waals surface area (Å²) in [5.41, 5.74) is 4.20. The van der Waals surface area contributed by atoms with Gasteiger partial charge in [0.05, 0.1) is 12.2 Å². The molecule has 0 amide bonds. The van der Waals surface area contributed by atoms with E-state index in [-0.39, 0.29) is 5.82 Å². The third kappa shape index (κ3) is 11.1. The number of nitrogens with two attached hydrogens (primary N) is 1. The predicted molar refractivity (Wildman–Crippen MR) is 148 cm³/mol. The summed E-state index contributed by atoms with van der Waals surface area (Å²) in [6, 6.07) is 14.7. The Morgan fingerprint density at radius 2 is 1.74 bits per heavy atom. The highest BCUT2D eigenvalue weighted by atomic mass is 32.2. The lowest BCUT2D eigenvalue weighted by Crippen LogP contribution is -2.45. The largest absolute Gasteiger partial charge is 0.304 e. The van der Waals surface area contributed by atoms with Crippen LogP contribution in [-0.4, -0.2) is 80.1 Å².